The van der Waals surface area contributed by atoms with E-state index in [4.69, 9.17) is 5.73 Å². The number of hydrogen-bond donors (Lipinski definition) is 5. The number of fused-ring (bicyclic) bond motifs is 3. The molecule has 1 saturated carbocycles. The highest BCUT2D eigenvalue weighted by Gasteiger charge is 2.64. The van der Waals surface area contributed by atoms with Gasteiger partial charge in [0.25, 0.3) is 5.56 Å². The number of nitrogen functional groups attached to an aromatic ring is 1. The number of H-pyrrole nitrogens is 1. The summed E-state index contributed by atoms with van der Waals surface area (Å²) in [4.78, 5) is 34.2. The van der Waals surface area contributed by atoms with Gasteiger partial charge in [0.15, 0.2) is 11.2 Å². The van der Waals surface area contributed by atoms with Crippen LogP contribution >= 0.6 is 0 Å². The van der Waals surface area contributed by atoms with Crippen LogP contribution in [0.25, 0.3) is 11.2 Å². The second-order valence-corrected chi connectivity index (χ2v) is 5.81. The first-order valence-electron chi connectivity index (χ1n) is 6.80. The van der Waals surface area contributed by atoms with Gasteiger partial charge in [-0.2, -0.15) is 4.98 Å². The van der Waals surface area contributed by atoms with Gasteiger partial charge in [-0.25, -0.2) is 4.98 Å². The van der Waals surface area contributed by atoms with E-state index in [1.807, 2.05) is 0 Å². The average Bonchev–Trinajstić information content (AvgIpc) is 3.08. The summed E-state index contributed by atoms with van der Waals surface area (Å²) in [6.45, 7) is -0.449. The molecule has 1 unspecified atom stereocenters. The molecule has 116 valence electrons. The molecule has 6 N–H and O–H groups in total. The van der Waals surface area contributed by atoms with Crippen LogP contribution in [0.5, 0.6) is 0 Å². The van der Waals surface area contributed by atoms with Crippen LogP contribution in [0.1, 0.15) is 12.5 Å². The SMILES string of the molecule is Nc1nc2c(ncn2[C@@H]2C[C@@]3(CO)C(=O)N[C@H]2C3O)c(=O)[nH]1. The topological polar surface area (TPSA) is 159 Å². The Balaban J connectivity index is 1.85. The second-order valence-electron chi connectivity index (χ2n) is 5.81. The lowest BCUT2D eigenvalue weighted by Crippen LogP contribution is -2.43. The van der Waals surface area contributed by atoms with E-state index in [1.165, 1.54) is 6.33 Å². The van der Waals surface area contributed by atoms with Crippen LogP contribution in [0, 0.1) is 5.41 Å². The van der Waals surface area contributed by atoms with E-state index in [1.54, 1.807) is 4.57 Å². The lowest BCUT2D eigenvalue weighted by atomic mass is 9.85. The van der Waals surface area contributed by atoms with Crippen molar-refractivity contribution >= 4 is 23.0 Å². The van der Waals surface area contributed by atoms with Gasteiger partial charge < -0.3 is 25.8 Å². The van der Waals surface area contributed by atoms with Gasteiger partial charge in [-0.3, -0.25) is 14.6 Å². The Bertz CT molecular complexity index is 844. The molecular weight excluding hydrogens is 292 g/mol. The summed E-state index contributed by atoms with van der Waals surface area (Å²) in [5.74, 6) is -0.401. The van der Waals surface area contributed by atoms with Crippen molar-refractivity contribution < 1.29 is 15.0 Å². The van der Waals surface area contributed by atoms with Gasteiger partial charge in [-0.05, 0) is 6.42 Å². The van der Waals surface area contributed by atoms with E-state index in [2.05, 4.69) is 20.3 Å². The molecule has 0 aromatic carbocycles. The molecule has 3 heterocycles. The minimum Gasteiger partial charge on any atom is -0.395 e. The Morgan fingerprint density at radius 1 is 1.50 bits per heavy atom. The molecular formula is C12H14N6O4. The zero-order valence-corrected chi connectivity index (χ0v) is 11.4. The van der Waals surface area contributed by atoms with Gasteiger partial charge >= 0.3 is 0 Å². The maximum atomic E-state index is 11.9. The van der Waals surface area contributed by atoms with E-state index in [-0.39, 0.29) is 35.5 Å². The molecule has 2 fully saturated rings. The molecule has 10 heteroatoms. The lowest BCUT2D eigenvalue weighted by Gasteiger charge is -2.28. The van der Waals surface area contributed by atoms with Crippen LogP contribution < -0.4 is 16.6 Å². The van der Waals surface area contributed by atoms with Crippen molar-refractivity contribution in [3.63, 3.8) is 0 Å². The van der Waals surface area contributed by atoms with Crippen molar-refractivity contribution in [3.05, 3.63) is 16.7 Å². The Morgan fingerprint density at radius 3 is 2.95 bits per heavy atom. The Morgan fingerprint density at radius 2 is 2.27 bits per heavy atom. The molecule has 2 aromatic rings. The molecule has 10 nitrogen and oxygen atoms in total. The number of aromatic nitrogens is 4. The number of carbonyl (C=O) groups excluding carboxylic acids is 1. The van der Waals surface area contributed by atoms with Gasteiger partial charge in [0.05, 0.1) is 31.1 Å². The minimum atomic E-state index is -1.22. The van der Waals surface area contributed by atoms with Gasteiger partial charge in [-0.15, -0.1) is 0 Å². The normalized spacial score (nSPS) is 33.5. The largest absolute Gasteiger partial charge is 0.395 e. The number of imidazole rings is 1. The number of aliphatic hydroxyl groups excluding tert-OH is 2. The molecule has 1 saturated heterocycles. The quantitative estimate of drug-likeness (QED) is 0.409. The molecule has 0 radical (unpaired) electrons. The number of aromatic amines is 1. The summed E-state index contributed by atoms with van der Waals surface area (Å²) in [7, 11) is 0. The first kappa shape index (κ1) is 13.2. The summed E-state index contributed by atoms with van der Waals surface area (Å²) >= 11 is 0. The van der Waals surface area contributed by atoms with Crippen molar-refractivity contribution in [2.45, 2.75) is 24.6 Å². The number of piperidine rings is 1. The Kier molecular flexibility index (Phi) is 2.43. The zero-order chi connectivity index (χ0) is 15.6. The van der Waals surface area contributed by atoms with Gasteiger partial charge in [-0.1, -0.05) is 0 Å². The summed E-state index contributed by atoms with van der Waals surface area (Å²) in [6, 6.07) is -0.932. The fraction of sp³-hybridized carbons (Fsp3) is 0.500. The standard InChI is InChI=1S/C12H14N6O4/c13-11-16-8-6(9(21)17-11)14-3-18(8)4-1-12(2-19)7(20)5(4)15-10(12)22/h3-5,7,19-20H,1-2H2,(H,15,22)(H3,13,16,17,21)/t4-,5-,7?,12+/m1/s1. The summed E-state index contributed by atoms with van der Waals surface area (Å²) < 4.78 is 1.62. The molecule has 1 amide bonds. The number of rotatable bonds is 2. The number of nitrogens with zero attached hydrogens (tertiary/aromatic N) is 3. The Hall–Kier alpha value is -2.46. The second kappa shape index (κ2) is 4.05. The first-order chi connectivity index (χ1) is 10.5. The Labute approximate surface area is 123 Å². The zero-order valence-electron chi connectivity index (χ0n) is 11.4. The number of amides is 1. The van der Waals surface area contributed by atoms with Crippen molar-refractivity contribution in [2.24, 2.45) is 5.41 Å². The molecule has 1 aliphatic heterocycles. The molecule has 1 aliphatic carbocycles. The van der Waals surface area contributed by atoms with Crippen molar-refractivity contribution in [1.29, 1.82) is 0 Å². The fourth-order valence-corrected chi connectivity index (χ4v) is 3.56. The summed E-state index contributed by atoms with van der Waals surface area (Å²) in [6.07, 6.45) is 0.662. The van der Waals surface area contributed by atoms with E-state index in [0.717, 1.165) is 0 Å². The summed E-state index contributed by atoms with van der Waals surface area (Å²) in [5, 5.41) is 22.6. The number of anilines is 1. The highest BCUT2D eigenvalue weighted by molar-refractivity contribution is 5.88. The van der Waals surface area contributed by atoms with Crippen molar-refractivity contribution in [1.82, 2.24) is 24.8 Å². The lowest BCUT2D eigenvalue weighted by molar-refractivity contribution is -0.134. The van der Waals surface area contributed by atoms with Crippen molar-refractivity contribution in [2.75, 3.05) is 12.3 Å². The van der Waals surface area contributed by atoms with Gasteiger partial charge in [0, 0.05) is 0 Å². The molecule has 2 aliphatic rings. The minimum absolute atomic E-state index is 0.0381. The summed E-state index contributed by atoms with van der Waals surface area (Å²) in [5.41, 5.74) is 4.31. The number of nitrogens with one attached hydrogen (secondary N) is 2. The third-order valence-electron chi connectivity index (χ3n) is 4.73. The third-order valence-corrected chi connectivity index (χ3v) is 4.73. The van der Waals surface area contributed by atoms with E-state index < -0.39 is 29.7 Å². The molecule has 2 aromatic heterocycles. The maximum Gasteiger partial charge on any atom is 0.280 e. The molecule has 0 spiro atoms. The predicted molar refractivity (Wildman–Crippen MR) is 73.7 cm³/mol. The van der Waals surface area contributed by atoms with Gasteiger partial charge in [0.2, 0.25) is 11.9 Å². The highest BCUT2D eigenvalue weighted by Crippen LogP contribution is 2.49. The van der Waals surface area contributed by atoms with E-state index >= 15 is 0 Å². The van der Waals surface area contributed by atoms with E-state index in [0.29, 0.717) is 0 Å². The average molecular weight is 306 g/mol. The van der Waals surface area contributed by atoms with Crippen molar-refractivity contribution in [3.8, 4) is 0 Å². The van der Waals surface area contributed by atoms with Crippen LogP contribution in [0.4, 0.5) is 5.95 Å². The molecule has 2 bridgehead atoms. The predicted octanol–water partition coefficient (Wildman–Crippen LogP) is -2.52. The maximum absolute atomic E-state index is 11.9. The number of aliphatic hydroxyl groups is 2. The fourth-order valence-electron chi connectivity index (χ4n) is 3.56. The smallest absolute Gasteiger partial charge is 0.280 e. The molecule has 4 atom stereocenters. The monoisotopic (exact) mass is 306 g/mol. The van der Waals surface area contributed by atoms with Crippen LogP contribution in [0.15, 0.2) is 11.1 Å². The molecule has 22 heavy (non-hydrogen) atoms. The van der Waals surface area contributed by atoms with Crippen LogP contribution in [0.3, 0.4) is 0 Å². The highest BCUT2D eigenvalue weighted by atomic mass is 16.3. The van der Waals surface area contributed by atoms with Crippen LogP contribution in [-0.2, 0) is 4.79 Å². The van der Waals surface area contributed by atoms with Crippen LogP contribution in [0.2, 0.25) is 0 Å². The number of hydrogen-bond acceptors (Lipinski definition) is 7. The number of nitrogens with two attached hydrogens (primary N) is 1. The number of carbonyl (C=O) groups is 1. The third kappa shape index (κ3) is 1.40. The first-order valence-corrected chi connectivity index (χ1v) is 6.80. The molecule has 4 rings (SSSR count). The van der Waals surface area contributed by atoms with E-state index in [9.17, 15) is 19.8 Å². The van der Waals surface area contributed by atoms with Gasteiger partial charge in [0.1, 0.15) is 5.41 Å². The van der Waals surface area contributed by atoms with Crippen LogP contribution in [-0.4, -0.2) is 54.4 Å².